The van der Waals surface area contributed by atoms with Gasteiger partial charge in [-0.2, -0.15) is 0 Å². The fraction of sp³-hybridized carbons (Fsp3) is 0. The van der Waals surface area contributed by atoms with Crippen molar-refractivity contribution >= 4 is 27.9 Å². The maximum Gasteiger partial charge on any atom is 0.355 e. The van der Waals surface area contributed by atoms with Crippen molar-refractivity contribution in [1.29, 1.82) is 0 Å². The summed E-state index contributed by atoms with van der Waals surface area (Å²) in [5.41, 5.74) is -0.808. The van der Waals surface area contributed by atoms with E-state index >= 15 is 0 Å². The van der Waals surface area contributed by atoms with Gasteiger partial charge < -0.3 is 10.2 Å². The third kappa shape index (κ3) is 1.83. The molecule has 0 spiro atoms. The number of aromatic carboxylic acids is 2. The molecule has 0 bridgehead atoms. The van der Waals surface area contributed by atoms with E-state index in [1.807, 2.05) is 0 Å². The molecule has 1 rings (SSSR count). The van der Waals surface area contributed by atoms with Crippen LogP contribution in [0.15, 0.2) is 16.7 Å². The Morgan fingerprint density at radius 2 is 1.92 bits per heavy atom. The monoisotopic (exact) mass is 245 g/mol. The SMILES string of the molecule is O=C(O)c1nccc(Br)c1C(=O)O. The minimum absolute atomic E-state index is 0.201. The van der Waals surface area contributed by atoms with Gasteiger partial charge in [-0.25, -0.2) is 14.6 Å². The van der Waals surface area contributed by atoms with E-state index < -0.39 is 17.6 Å². The Morgan fingerprint density at radius 3 is 2.31 bits per heavy atom. The number of aromatic nitrogens is 1. The van der Waals surface area contributed by atoms with Gasteiger partial charge in [0.1, 0.15) is 5.56 Å². The summed E-state index contributed by atoms with van der Waals surface area (Å²) in [6.07, 6.45) is 1.22. The van der Waals surface area contributed by atoms with Gasteiger partial charge in [0.05, 0.1) is 0 Å². The normalized spacial score (nSPS) is 9.62. The molecule has 0 atom stereocenters. The summed E-state index contributed by atoms with van der Waals surface area (Å²) in [5, 5.41) is 17.3. The first-order valence-corrected chi connectivity index (χ1v) is 3.94. The quantitative estimate of drug-likeness (QED) is 0.819. The Morgan fingerprint density at radius 1 is 1.31 bits per heavy atom. The van der Waals surface area contributed by atoms with Crippen molar-refractivity contribution in [3.8, 4) is 0 Å². The average molecular weight is 246 g/mol. The van der Waals surface area contributed by atoms with Crippen LogP contribution in [-0.2, 0) is 0 Å². The first-order chi connectivity index (χ1) is 6.04. The highest BCUT2D eigenvalue weighted by Gasteiger charge is 2.19. The minimum atomic E-state index is -1.36. The second-order valence-corrected chi connectivity index (χ2v) is 2.98. The van der Waals surface area contributed by atoms with Crippen LogP contribution in [0.3, 0.4) is 0 Å². The van der Waals surface area contributed by atoms with Crippen LogP contribution in [0.2, 0.25) is 0 Å². The largest absolute Gasteiger partial charge is 0.478 e. The second kappa shape index (κ2) is 3.53. The van der Waals surface area contributed by atoms with Gasteiger partial charge in [0.2, 0.25) is 0 Å². The zero-order chi connectivity index (χ0) is 10.0. The van der Waals surface area contributed by atoms with Crippen LogP contribution in [0.4, 0.5) is 0 Å². The summed E-state index contributed by atoms with van der Waals surface area (Å²) in [7, 11) is 0. The van der Waals surface area contributed by atoms with Crippen LogP contribution in [0, 0.1) is 0 Å². The molecule has 0 amide bonds. The van der Waals surface area contributed by atoms with E-state index in [1.165, 1.54) is 12.3 Å². The van der Waals surface area contributed by atoms with Gasteiger partial charge in [-0.3, -0.25) is 0 Å². The summed E-state index contributed by atoms with van der Waals surface area (Å²) in [4.78, 5) is 24.6. The molecule has 1 aromatic heterocycles. The molecule has 1 aromatic rings. The smallest absolute Gasteiger partial charge is 0.355 e. The van der Waals surface area contributed by atoms with Crippen molar-refractivity contribution in [3.63, 3.8) is 0 Å². The highest BCUT2D eigenvalue weighted by molar-refractivity contribution is 9.10. The molecule has 0 saturated carbocycles. The number of nitrogens with zero attached hydrogens (tertiary/aromatic N) is 1. The predicted octanol–water partition coefficient (Wildman–Crippen LogP) is 1.24. The fourth-order valence-corrected chi connectivity index (χ4v) is 1.28. The molecule has 0 saturated heterocycles. The molecule has 0 aliphatic heterocycles. The molecule has 0 aliphatic carbocycles. The van der Waals surface area contributed by atoms with Crippen molar-refractivity contribution in [2.75, 3.05) is 0 Å². The van der Waals surface area contributed by atoms with E-state index in [-0.39, 0.29) is 10.0 Å². The minimum Gasteiger partial charge on any atom is -0.478 e. The molecular weight excluding hydrogens is 242 g/mol. The third-order valence-electron chi connectivity index (χ3n) is 1.32. The van der Waals surface area contributed by atoms with Crippen LogP contribution in [-0.4, -0.2) is 27.1 Å². The number of carboxylic acid groups (broad SMARTS) is 2. The number of hydrogen-bond acceptors (Lipinski definition) is 3. The average Bonchev–Trinajstić information content (AvgIpc) is 2.02. The van der Waals surface area contributed by atoms with Crippen LogP contribution in [0.1, 0.15) is 20.8 Å². The zero-order valence-corrected chi connectivity index (χ0v) is 7.78. The predicted molar refractivity (Wildman–Crippen MR) is 45.9 cm³/mol. The standard InChI is InChI=1S/C7H4BrNO4/c8-3-1-2-9-5(7(12)13)4(3)6(10)11/h1-2H,(H,10,11)(H,12,13). The lowest BCUT2D eigenvalue weighted by molar-refractivity contribution is 0.0645. The number of carboxylic acids is 2. The lowest BCUT2D eigenvalue weighted by Gasteiger charge is -2.01. The summed E-state index contributed by atoms with van der Waals surface area (Å²) in [6, 6.07) is 1.37. The highest BCUT2D eigenvalue weighted by Crippen LogP contribution is 2.18. The van der Waals surface area contributed by atoms with Gasteiger partial charge in [0.15, 0.2) is 5.69 Å². The summed E-state index contributed by atoms with van der Waals surface area (Å²) < 4.78 is 0.201. The molecule has 0 unspecified atom stereocenters. The van der Waals surface area contributed by atoms with Crippen molar-refractivity contribution in [1.82, 2.24) is 4.98 Å². The molecule has 6 heteroatoms. The molecule has 1 heterocycles. The lowest BCUT2D eigenvalue weighted by Crippen LogP contribution is -2.10. The van der Waals surface area contributed by atoms with Crippen LogP contribution >= 0.6 is 15.9 Å². The molecule has 2 N–H and O–H groups in total. The highest BCUT2D eigenvalue weighted by atomic mass is 79.9. The van der Waals surface area contributed by atoms with Crippen molar-refractivity contribution in [2.24, 2.45) is 0 Å². The number of carbonyl (C=O) groups is 2. The second-order valence-electron chi connectivity index (χ2n) is 2.13. The zero-order valence-electron chi connectivity index (χ0n) is 6.19. The van der Waals surface area contributed by atoms with Crippen molar-refractivity contribution in [2.45, 2.75) is 0 Å². The third-order valence-corrected chi connectivity index (χ3v) is 1.98. The van der Waals surface area contributed by atoms with Crippen molar-refractivity contribution < 1.29 is 19.8 Å². The van der Waals surface area contributed by atoms with Gasteiger partial charge in [-0.15, -0.1) is 0 Å². The topological polar surface area (TPSA) is 87.5 Å². The summed E-state index contributed by atoms with van der Waals surface area (Å²) >= 11 is 2.93. The first kappa shape index (κ1) is 9.66. The van der Waals surface area contributed by atoms with Crippen LogP contribution in [0.5, 0.6) is 0 Å². The maximum atomic E-state index is 10.6. The number of rotatable bonds is 2. The molecule has 13 heavy (non-hydrogen) atoms. The summed E-state index contributed by atoms with van der Waals surface area (Å²) in [6.45, 7) is 0. The van der Waals surface area contributed by atoms with Crippen LogP contribution in [0.25, 0.3) is 0 Å². The Kier molecular flexibility index (Phi) is 2.62. The molecule has 0 radical (unpaired) electrons. The Bertz CT molecular complexity index is 377. The molecule has 68 valence electrons. The fourth-order valence-electron chi connectivity index (χ4n) is 0.804. The van der Waals surface area contributed by atoms with Gasteiger partial charge in [0.25, 0.3) is 0 Å². The Labute approximate surface area is 81.2 Å². The summed E-state index contributed by atoms with van der Waals surface area (Å²) in [5.74, 6) is -2.68. The van der Waals surface area contributed by atoms with Gasteiger partial charge in [-0.1, -0.05) is 0 Å². The van der Waals surface area contributed by atoms with Crippen LogP contribution < -0.4 is 0 Å². The number of halogens is 1. The molecule has 5 nitrogen and oxygen atoms in total. The van der Waals surface area contributed by atoms with E-state index in [0.717, 1.165) is 0 Å². The van der Waals surface area contributed by atoms with E-state index in [1.54, 1.807) is 0 Å². The van der Waals surface area contributed by atoms with Gasteiger partial charge in [0, 0.05) is 10.7 Å². The Hall–Kier alpha value is -1.43. The Balaban J connectivity index is 3.43. The number of pyridine rings is 1. The van der Waals surface area contributed by atoms with Gasteiger partial charge in [-0.05, 0) is 22.0 Å². The van der Waals surface area contributed by atoms with E-state index in [9.17, 15) is 9.59 Å². The maximum absolute atomic E-state index is 10.6. The lowest BCUT2D eigenvalue weighted by atomic mass is 10.2. The van der Waals surface area contributed by atoms with Crippen molar-refractivity contribution in [3.05, 3.63) is 28.0 Å². The first-order valence-electron chi connectivity index (χ1n) is 3.15. The van der Waals surface area contributed by atoms with E-state index in [2.05, 4.69) is 20.9 Å². The molecule has 0 aromatic carbocycles. The number of hydrogen-bond donors (Lipinski definition) is 2. The van der Waals surface area contributed by atoms with E-state index in [4.69, 9.17) is 10.2 Å². The van der Waals surface area contributed by atoms with E-state index in [0.29, 0.717) is 0 Å². The molecule has 0 aliphatic rings. The molecular formula is C7H4BrNO4. The molecule has 0 fully saturated rings. The van der Waals surface area contributed by atoms with Gasteiger partial charge >= 0.3 is 11.9 Å².